The van der Waals surface area contributed by atoms with Gasteiger partial charge in [-0.15, -0.1) is 0 Å². The van der Waals surface area contributed by atoms with Gasteiger partial charge in [-0.1, -0.05) is 18.2 Å². The first-order valence-corrected chi connectivity index (χ1v) is 8.87. The Balaban J connectivity index is 1.70. The minimum Gasteiger partial charge on any atom is -0.342 e. The summed E-state index contributed by atoms with van der Waals surface area (Å²) in [5.74, 6) is 0.816. The molecule has 1 unspecified atom stereocenters. The SMILES string of the molecule is Cn1ccnc1C(NC(=O)CCC1CCNCC1)c1ccccc1F. The predicted molar refractivity (Wildman–Crippen MR) is 94.4 cm³/mol. The van der Waals surface area contributed by atoms with Crippen LogP contribution in [0.3, 0.4) is 0 Å². The van der Waals surface area contributed by atoms with Gasteiger partial charge in [0.05, 0.1) is 0 Å². The number of rotatable bonds is 6. The lowest BCUT2D eigenvalue weighted by atomic mass is 9.93. The first kappa shape index (κ1) is 17.6. The van der Waals surface area contributed by atoms with Crippen LogP contribution in [0.4, 0.5) is 4.39 Å². The minimum atomic E-state index is -0.582. The van der Waals surface area contributed by atoms with Gasteiger partial charge in [0, 0.05) is 31.4 Å². The van der Waals surface area contributed by atoms with Gasteiger partial charge in [0.15, 0.2) is 0 Å². The number of halogens is 1. The second-order valence-corrected chi connectivity index (χ2v) is 6.65. The molecule has 6 heteroatoms. The van der Waals surface area contributed by atoms with Crippen molar-refractivity contribution in [1.29, 1.82) is 0 Å². The van der Waals surface area contributed by atoms with E-state index in [1.54, 1.807) is 30.6 Å². The third-order valence-corrected chi connectivity index (χ3v) is 4.88. The van der Waals surface area contributed by atoms with Crippen LogP contribution in [0.5, 0.6) is 0 Å². The topological polar surface area (TPSA) is 59.0 Å². The summed E-state index contributed by atoms with van der Waals surface area (Å²) in [7, 11) is 1.84. The van der Waals surface area contributed by atoms with Crippen LogP contribution in [-0.2, 0) is 11.8 Å². The van der Waals surface area contributed by atoms with Crippen molar-refractivity contribution < 1.29 is 9.18 Å². The van der Waals surface area contributed by atoms with Crippen molar-refractivity contribution in [3.8, 4) is 0 Å². The van der Waals surface area contributed by atoms with E-state index in [9.17, 15) is 9.18 Å². The number of carbonyl (C=O) groups excluding carboxylic acids is 1. The number of amides is 1. The molecular weight excluding hydrogens is 319 g/mol. The van der Waals surface area contributed by atoms with E-state index in [1.807, 2.05) is 11.6 Å². The van der Waals surface area contributed by atoms with Crippen molar-refractivity contribution in [2.45, 2.75) is 31.7 Å². The van der Waals surface area contributed by atoms with Crippen molar-refractivity contribution >= 4 is 5.91 Å². The van der Waals surface area contributed by atoms with Crippen LogP contribution in [0.15, 0.2) is 36.7 Å². The second kappa shape index (κ2) is 8.25. The van der Waals surface area contributed by atoms with E-state index < -0.39 is 6.04 Å². The zero-order valence-electron chi connectivity index (χ0n) is 14.5. The lowest BCUT2D eigenvalue weighted by molar-refractivity contribution is -0.122. The molecule has 25 heavy (non-hydrogen) atoms. The molecule has 0 spiro atoms. The Kier molecular flexibility index (Phi) is 5.81. The zero-order chi connectivity index (χ0) is 17.6. The first-order chi connectivity index (χ1) is 12.1. The Bertz CT molecular complexity index is 709. The van der Waals surface area contributed by atoms with E-state index >= 15 is 0 Å². The number of nitrogens with zero attached hydrogens (tertiary/aromatic N) is 2. The number of piperidine rings is 1. The van der Waals surface area contributed by atoms with Gasteiger partial charge >= 0.3 is 0 Å². The van der Waals surface area contributed by atoms with E-state index in [0.717, 1.165) is 32.4 Å². The first-order valence-electron chi connectivity index (χ1n) is 8.87. The van der Waals surface area contributed by atoms with Gasteiger partial charge < -0.3 is 15.2 Å². The van der Waals surface area contributed by atoms with E-state index in [-0.39, 0.29) is 11.7 Å². The molecule has 0 saturated carbocycles. The van der Waals surface area contributed by atoms with Crippen LogP contribution in [0, 0.1) is 11.7 Å². The molecule has 5 nitrogen and oxygen atoms in total. The summed E-state index contributed by atoms with van der Waals surface area (Å²) in [6.45, 7) is 2.05. The number of imidazole rings is 1. The molecule has 134 valence electrons. The summed E-state index contributed by atoms with van der Waals surface area (Å²) >= 11 is 0. The molecule has 2 heterocycles. The zero-order valence-corrected chi connectivity index (χ0v) is 14.5. The van der Waals surface area contributed by atoms with Crippen molar-refractivity contribution in [3.05, 3.63) is 53.9 Å². The predicted octanol–water partition coefficient (Wildman–Crippen LogP) is 2.54. The van der Waals surface area contributed by atoms with Crippen LogP contribution in [0.25, 0.3) is 0 Å². The van der Waals surface area contributed by atoms with Gasteiger partial charge in [0.2, 0.25) is 5.91 Å². The minimum absolute atomic E-state index is 0.0604. The fourth-order valence-electron chi connectivity index (χ4n) is 3.38. The van der Waals surface area contributed by atoms with E-state index in [2.05, 4.69) is 15.6 Å². The summed E-state index contributed by atoms with van der Waals surface area (Å²) in [5.41, 5.74) is 0.437. The molecule has 1 aliphatic heterocycles. The summed E-state index contributed by atoms with van der Waals surface area (Å²) < 4.78 is 16.1. The molecule has 0 radical (unpaired) electrons. The summed E-state index contributed by atoms with van der Waals surface area (Å²) in [6, 6.07) is 5.94. The molecule has 2 aromatic rings. The van der Waals surface area contributed by atoms with E-state index in [4.69, 9.17) is 0 Å². The van der Waals surface area contributed by atoms with Crippen molar-refractivity contribution in [3.63, 3.8) is 0 Å². The second-order valence-electron chi connectivity index (χ2n) is 6.65. The van der Waals surface area contributed by atoms with Crippen LogP contribution in [0.2, 0.25) is 0 Å². The van der Waals surface area contributed by atoms with Gasteiger partial charge in [0.25, 0.3) is 0 Å². The highest BCUT2D eigenvalue weighted by atomic mass is 19.1. The highest BCUT2D eigenvalue weighted by Crippen LogP contribution is 2.24. The maximum absolute atomic E-state index is 14.3. The number of benzene rings is 1. The Morgan fingerprint density at radius 2 is 2.16 bits per heavy atom. The van der Waals surface area contributed by atoms with Crippen molar-refractivity contribution in [2.75, 3.05) is 13.1 Å². The maximum Gasteiger partial charge on any atom is 0.220 e. The van der Waals surface area contributed by atoms with Gasteiger partial charge in [0.1, 0.15) is 17.7 Å². The molecule has 1 saturated heterocycles. The normalized spacial score (nSPS) is 16.6. The lowest BCUT2D eigenvalue weighted by Gasteiger charge is -2.23. The largest absolute Gasteiger partial charge is 0.342 e. The van der Waals surface area contributed by atoms with Crippen LogP contribution in [-0.4, -0.2) is 28.5 Å². The maximum atomic E-state index is 14.3. The van der Waals surface area contributed by atoms with Gasteiger partial charge in [-0.2, -0.15) is 0 Å². The van der Waals surface area contributed by atoms with Gasteiger partial charge in [-0.05, 0) is 44.3 Å². The molecule has 1 amide bonds. The van der Waals surface area contributed by atoms with E-state index in [0.29, 0.717) is 23.7 Å². The molecule has 2 N–H and O–H groups in total. The van der Waals surface area contributed by atoms with Crippen molar-refractivity contribution in [1.82, 2.24) is 20.2 Å². The Labute approximate surface area is 147 Å². The average Bonchev–Trinajstić information content (AvgIpc) is 3.05. The third-order valence-electron chi connectivity index (χ3n) is 4.88. The number of aryl methyl sites for hydroxylation is 1. The number of hydrogen-bond donors (Lipinski definition) is 2. The fourth-order valence-corrected chi connectivity index (χ4v) is 3.38. The lowest BCUT2D eigenvalue weighted by Crippen LogP contribution is -2.33. The average molecular weight is 344 g/mol. The standard InChI is InChI=1S/C19H25FN4O/c1-24-13-12-22-19(24)18(15-4-2-3-5-16(15)20)23-17(25)7-6-14-8-10-21-11-9-14/h2-5,12-14,18,21H,6-11H2,1H3,(H,23,25). The number of aromatic nitrogens is 2. The van der Waals surface area contributed by atoms with Gasteiger partial charge in [-0.25, -0.2) is 9.37 Å². The molecule has 0 aliphatic carbocycles. The van der Waals surface area contributed by atoms with Crippen molar-refractivity contribution in [2.24, 2.45) is 13.0 Å². The highest BCUT2D eigenvalue weighted by Gasteiger charge is 2.24. The van der Waals surface area contributed by atoms with Crippen LogP contribution < -0.4 is 10.6 Å². The number of nitrogens with one attached hydrogen (secondary N) is 2. The molecule has 1 aromatic carbocycles. The fraction of sp³-hybridized carbons (Fsp3) is 0.474. The summed E-state index contributed by atoms with van der Waals surface area (Å²) in [4.78, 5) is 16.8. The van der Waals surface area contributed by atoms with E-state index in [1.165, 1.54) is 6.07 Å². The molecule has 3 rings (SSSR count). The molecular formula is C19H25FN4O. The Morgan fingerprint density at radius 1 is 1.40 bits per heavy atom. The highest BCUT2D eigenvalue weighted by molar-refractivity contribution is 5.76. The molecule has 1 atom stereocenters. The quantitative estimate of drug-likeness (QED) is 0.847. The van der Waals surface area contributed by atoms with Gasteiger partial charge in [-0.3, -0.25) is 4.79 Å². The summed E-state index contributed by atoms with van der Waals surface area (Å²) in [5, 5.41) is 6.31. The number of hydrogen-bond acceptors (Lipinski definition) is 3. The molecule has 1 aliphatic rings. The monoisotopic (exact) mass is 344 g/mol. The van der Waals surface area contributed by atoms with Crippen LogP contribution >= 0.6 is 0 Å². The Morgan fingerprint density at radius 3 is 2.84 bits per heavy atom. The van der Waals surface area contributed by atoms with Crippen LogP contribution in [0.1, 0.15) is 43.1 Å². The third kappa shape index (κ3) is 4.45. The molecule has 0 bridgehead atoms. The smallest absolute Gasteiger partial charge is 0.220 e. The molecule has 1 aromatic heterocycles. The summed E-state index contributed by atoms with van der Waals surface area (Å²) in [6.07, 6.45) is 7.01. The molecule has 1 fully saturated rings. The Hall–Kier alpha value is -2.21. The number of carbonyl (C=O) groups is 1.